The van der Waals surface area contributed by atoms with E-state index in [4.69, 9.17) is 4.74 Å². The molecule has 21 heavy (non-hydrogen) atoms. The maximum Gasteiger partial charge on any atom is 0.317 e. The lowest BCUT2D eigenvalue weighted by Crippen LogP contribution is -2.43. The summed E-state index contributed by atoms with van der Waals surface area (Å²) < 4.78 is 5.76. The highest BCUT2D eigenvalue weighted by Crippen LogP contribution is 2.38. The molecule has 2 rings (SSSR count). The third-order valence-corrected chi connectivity index (χ3v) is 3.84. The first-order valence-electron chi connectivity index (χ1n) is 7.31. The van der Waals surface area contributed by atoms with Crippen LogP contribution >= 0.6 is 0 Å². The van der Waals surface area contributed by atoms with Gasteiger partial charge in [-0.1, -0.05) is 25.1 Å². The number of nitrogens with zero attached hydrogens (tertiary/aromatic N) is 2. The van der Waals surface area contributed by atoms with Crippen molar-refractivity contribution in [2.24, 2.45) is 5.92 Å². The van der Waals surface area contributed by atoms with Crippen molar-refractivity contribution in [2.75, 3.05) is 40.3 Å². The van der Waals surface area contributed by atoms with Gasteiger partial charge in [0.05, 0.1) is 13.2 Å². The van der Waals surface area contributed by atoms with Gasteiger partial charge < -0.3 is 14.7 Å². The van der Waals surface area contributed by atoms with Crippen molar-refractivity contribution >= 4 is 5.97 Å². The van der Waals surface area contributed by atoms with Gasteiger partial charge in [0.2, 0.25) is 0 Å². The fourth-order valence-electron chi connectivity index (χ4n) is 2.85. The molecule has 5 heteroatoms. The summed E-state index contributed by atoms with van der Waals surface area (Å²) in [6.45, 7) is 4.35. The number of carbonyl (C=O) groups is 1. The summed E-state index contributed by atoms with van der Waals surface area (Å²) in [4.78, 5) is 15.4. The Bertz CT molecular complexity index is 490. The average Bonchev–Trinajstić information content (AvgIpc) is 2.43. The molecule has 0 bridgehead atoms. The number of fused-ring (bicyclic) bond motifs is 1. The molecule has 1 aromatic rings. The third-order valence-electron chi connectivity index (χ3n) is 3.84. The predicted molar refractivity (Wildman–Crippen MR) is 81.6 cm³/mol. The SMILES string of the molecule is CC1COc2ccccc2C1N(CCN(C)C)CC(=O)O. The zero-order valence-electron chi connectivity index (χ0n) is 13.0. The minimum Gasteiger partial charge on any atom is -0.493 e. The maximum atomic E-state index is 11.2. The summed E-state index contributed by atoms with van der Waals surface area (Å²) in [5, 5.41) is 9.23. The average molecular weight is 292 g/mol. The first-order chi connectivity index (χ1) is 9.99. The van der Waals surface area contributed by atoms with Gasteiger partial charge >= 0.3 is 5.97 Å². The highest BCUT2D eigenvalue weighted by molar-refractivity contribution is 5.69. The zero-order chi connectivity index (χ0) is 15.4. The van der Waals surface area contributed by atoms with Gasteiger partial charge in [0.15, 0.2) is 0 Å². The molecule has 2 unspecified atom stereocenters. The van der Waals surface area contributed by atoms with Gasteiger partial charge in [-0.05, 0) is 20.2 Å². The predicted octanol–water partition coefficient (Wildman–Crippen LogP) is 1.70. The molecule has 0 saturated carbocycles. The number of rotatable bonds is 6. The van der Waals surface area contributed by atoms with Gasteiger partial charge in [0.25, 0.3) is 0 Å². The molecule has 0 saturated heterocycles. The molecule has 0 spiro atoms. The molecule has 0 aliphatic carbocycles. The molecular weight excluding hydrogens is 268 g/mol. The van der Waals surface area contributed by atoms with E-state index in [1.165, 1.54) is 0 Å². The highest BCUT2D eigenvalue weighted by Gasteiger charge is 2.33. The molecule has 1 N–H and O–H groups in total. The Hall–Kier alpha value is -1.59. The van der Waals surface area contributed by atoms with Crippen LogP contribution in [0, 0.1) is 5.92 Å². The second-order valence-corrected chi connectivity index (χ2v) is 5.94. The standard InChI is InChI=1S/C16H24N2O3/c1-12-11-21-14-7-5-4-6-13(14)16(12)18(10-15(19)20)9-8-17(2)3/h4-7,12,16H,8-11H2,1-3H3,(H,19,20). The fraction of sp³-hybridized carbons (Fsp3) is 0.562. The number of benzene rings is 1. The van der Waals surface area contributed by atoms with Gasteiger partial charge in [-0.25, -0.2) is 0 Å². The van der Waals surface area contributed by atoms with E-state index in [1.54, 1.807) is 0 Å². The summed E-state index contributed by atoms with van der Waals surface area (Å²) >= 11 is 0. The number of carboxylic acids is 1. The fourth-order valence-corrected chi connectivity index (χ4v) is 2.85. The van der Waals surface area contributed by atoms with Crippen LogP contribution in [-0.4, -0.2) is 61.2 Å². The highest BCUT2D eigenvalue weighted by atomic mass is 16.5. The van der Waals surface area contributed by atoms with E-state index in [1.807, 2.05) is 43.3 Å². The van der Waals surface area contributed by atoms with Gasteiger partial charge in [0.1, 0.15) is 5.75 Å². The van der Waals surface area contributed by atoms with Crippen LogP contribution in [0.15, 0.2) is 24.3 Å². The topological polar surface area (TPSA) is 53.0 Å². The number of carboxylic acid groups (broad SMARTS) is 1. The van der Waals surface area contributed by atoms with Crippen LogP contribution in [0.4, 0.5) is 0 Å². The maximum absolute atomic E-state index is 11.2. The monoisotopic (exact) mass is 292 g/mol. The number of likely N-dealkylation sites (N-methyl/N-ethyl adjacent to an activating group) is 1. The largest absolute Gasteiger partial charge is 0.493 e. The summed E-state index contributed by atoms with van der Waals surface area (Å²) in [5.74, 6) is 0.354. The minimum absolute atomic E-state index is 0.0528. The van der Waals surface area contributed by atoms with E-state index in [0.29, 0.717) is 6.61 Å². The molecule has 1 aromatic carbocycles. The normalized spacial score (nSPS) is 21.2. The molecule has 1 aliphatic rings. The number of hydrogen-bond acceptors (Lipinski definition) is 4. The molecule has 5 nitrogen and oxygen atoms in total. The Labute approximate surface area is 126 Å². The van der Waals surface area contributed by atoms with Crippen LogP contribution in [0.25, 0.3) is 0 Å². The van der Waals surface area contributed by atoms with Crippen LogP contribution in [0.3, 0.4) is 0 Å². The molecule has 0 fully saturated rings. The molecule has 0 radical (unpaired) electrons. The summed E-state index contributed by atoms with van der Waals surface area (Å²) in [5.41, 5.74) is 1.09. The van der Waals surface area contributed by atoms with Crippen molar-refractivity contribution < 1.29 is 14.6 Å². The first-order valence-corrected chi connectivity index (χ1v) is 7.31. The molecule has 0 aromatic heterocycles. The molecule has 1 aliphatic heterocycles. The van der Waals surface area contributed by atoms with Crippen LogP contribution in [0.1, 0.15) is 18.5 Å². The van der Waals surface area contributed by atoms with E-state index in [0.717, 1.165) is 24.4 Å². The van der Waals surface area contributed by atoms with Crippen molar-refractivity contribution in [3.63, 3.8) is 0 Å². The van der Waals surface area contributed by atoms with Crippen molar-refractivity contribution in [1.82, 2.24) is 9.80 Å². The van der Waals surface area contributed by atoms with E-state index < -0.39 is 5.97 Å². The Morgan fingerprint density at radius 2 is 2.05 bits per heavy atom. The van der Waals surface area contributed by atoms with Gasteiger partial charge in [0, 0.05) is 30.6 Å². The van der Waals surface area contributed by atoms with E-state index in [9.17, 15) is 9.90 Å². The van der Waals surface area contributed by atoms with Crippen LogP contribution in [-0.2, 0) is 4.79 Å². The summed E-state index contributed by atoms with van der Waals surface area (Å²) in [6, 6.07) is 8.02. The third kappa shape index (κ3) is 3.95. The lowest BCUT2D eigenvalue weighted by molar-refractivity contribution is -0.139. The number of hydrogen-bond donors (Lipinski definition) is 1. The molecule has 116 valence electrons. The number of ether oxygens (including phenoxy) is 1. The molecular formula is C16H24N2O3. The smallest absolute Gasteiger partial charge is 0.317 e. The van der Waals surface area contributed by atoms with Crippen molar-refractivity contribution in [2.45, 2.75) is 13.0 Å². The lowest BCUT2D eigenvalue weighted by Gasteiger charge is -2.39. The zero-order valence-corrected chi connectivity index (χ0v) is 13.0. The Kier molecular flexibility index (Phi) is 5.20. The van der Waals surface area contributed by atoms with Crippen LogP contribution in [0.5, 0.6) is 5.75 Å². The first kappa shape index (κ1) is 15.8. The van der Waals surface area contributed by atoms with Gasteiger partial charge in [-0.15, -0.1) is 0 Å². The molecule has 0 amide bonds. The van der Waals surface area contributed by atoms with E-state index in [2.05, 4.69) is 11.8 Å². The number of aliphatic carboxylic acids is 1. The number of para-hydroxylation sites is 1. The van der Waals surface area contributed by atoms with Crippen LogP contribution < -0.4 is 4.74 Å². The second kappa shape index (κ2) is 6.91. The Morgan fingerprint density at radius 1 is 1.33 bits per heavy atom. The van der Waals surface area contributed by atoms with Crippen molar-refractivity contribution in [3.05, 3.63) is 29.8 Å². The van der Waals surface area contributed by atoms with Crippen molar-refractivity contribution in [3.8, 4) is 5.75 Å². The van der Waals surface area contributed by atoms with Gasteiger partial charge in [-0.3, -0.25) is 9.69 Å². The van der Waals surface area contributed by atoms with Crippen LogP contribution in [0.2, 0.25) is 0 Å². The Morgan fingerprint density at radius 3 is 2.71 bits per heavy atom. The molecule has 1 heterocycles. The van der Waals surface area contributed by atoms with E-state index >= 15 is 0 Å². The van der Waals surface area contributed by atoms with Gasteiger partial charge in [-0.2, -0.15) is 0 Å². The lowest BCUT2D eigenvalue weighted by atomic mass is 9.90. The Balaban J connectivity index is 2.26. The molecule has 2 atom stereocenters. The quantitative estimate of drug-likeness (QED) is 0.865. The van der Waals surface area contributed by atoms with E-state index in [-0.39, 0.29) is 18.5 Å². The van der Waals surface area contributed by atoms with Crippen molar-refractivity contribution in [1.29, 1.82) is 0 Å². The second-order valence-electron chi connectivity index (χ2n) is 5.94. The summed E-state index contributed by atoms with van der Waals surface area (Å²) in [6.07, 6.45) is 0. The summed E-state index contributed by atoms with van der Waals surface area (Å²) in [7, 11) is 4.00. The minimum atomic E-state index is -0.787.